The third-order valence-corrected chi connectivity index (χ3v) is 4.88. The van der Waals surface area contributed by atoms with Gasteiger partial charge < -0.3 is 0 Å². The van der Waals surface area contributed by atoms with Crippen LogP contribution in [-0.2, 0) is 0 Å². The van der Waals surface area contributed by atoms with Crippen molar-refractivity contribution in [1.29, 1.82) is 0 Å². The van der Waals surface area contributed by atoms with Gasteiger partial charge in [-0.2, -0.15) is 0 Å². The van der Waals surface area contributed by atoms with Gasteiger partial charge in [-0.1, -0.05) is 55.0 Å². The number of carbonyl (C=O) groups is 1. The summed E-state index contributed by atoms with van der Waals surface area (Å²) in [6.07, 6.45) is 3.74. The van der Waals surface area contributed by atoms with Crippen molar-refractivity contribution in [2.75, 3.05) is 19.6 Å². The van der Waals surface area contributed by atoms with E-state index in [2.05, 4.69) is 47.4 Å². The van der Waals surface area contributed by atoms with Crippen LogP contribution in [0.2, 0.25) is 0 Å². The molecule has 3 aromatic carbocycles. The number of hydrogen-bond donors (Lipinski definition) is 0. The fourth-order valence-electron chi connectivity index (χ4n) is 3.60. The molecule has 2 nitrogen and oxygen atoms in total. The van der Waals surface area contributed by atoms with Crippen LogP contribution in [0.4, 0.5) is 0 Å². The minimum Gasteiger partial charge on any atom is -0.296 e. The van der Waals surface area contributed by atoms with Gasteiger partial charge in [-0.05, 0) is 53.5 Å². The number of carbonyl (C=O) groups excluding carboxylic acids is 1. The molecule has 24 heavy (non-hydrogen) atoms. The smallest absolute Gasteiger partial charge is 0.176 e. The van der Waals surface area contributed by atoms with E-state index in [1.54, 1.807) is 0 Å². The topological polar surface area (TPSA) is 20.3 Å². The van der Waals surface area contributed by atoms with Crippen LogP contribution in [-0.4, -0.2) is 30.3 Å². The number of fused-ring (bicyclic) bond motifs is 3. The lowest BCUT2D eigenvalue weighted by Crippen LogP contribution is -2.34. The Balaban J connectivity index is 0.00000169. The van der Waals surface area contributed by atoms with Gasteiger partial charge >= 0.3 is 0 Å². The lowest BCUT2D eigenvalue weighted by Gasteiger charge is -2.25. The standard InChI is InChI=1S/C21H21NO.ClH/c23-21(15-22-12-4-1-5-13-22)18-10-11-20-17(14-18)9-8-16-6-2-3-7-19(16)20;/h2-3,6-11,14H,1,4-5,12-13,15H2;1H. The summed E-state index contributed by atoms with van der Waals surface area (Å²) in [5.41, 5.74) is 0.832. The molecule has 0 bridgehead atoms. The summed E-state index contributed by atoms with van der Waals surface area (Å²) in [5.74, 6) is 0.238. The minimum absolute atomic E-state index is 0. The molecule has 0 amide bonds. The van der Waals surface area contributed by atoms with Gasteiger partial charge in [-0.3, -0.25) is 9.69 Å². The van der Waals surface area contributed by atoms with Gasteiger partial charge in [0.05, 0.1) is 6.54 Å². The average Bonchev–Trinajstić information content (AvgIpc) is 2.62. The van der Waals surface area contributed by atoms with Gasteiger partial charge in [0, 0.05) is 5.56 Å². The van der Waals surface area contributed by atoms with Crippen LogP contribution in [0, 0.1) is 0 Å². The normalized spacial score (nSPS) is 15.3. The molecule has 0 atom stereocenters. The summed E-state index contributed by atoms with van der Waals surface area (Å²) in [6, 6.07) is 18.8. The van der Waals surface area contributed by atoms with Gasteiger partial charge in [0.1, 0.15) is 0 Å². The van der Waals surface area contributed by atoms with E-state index in [0.717, 1.165) is 24.0 Å². The zero-order valence-electron chi connectivity index (χ0n) is 13.7. The molecule has 0 unspecified atom stereocenters. The zero-order chi connectivity index (χ0) is 15.6. The summed E-state index contributed by atoms with van der Waals surface area (Å²) in [7, 11) is 0. The second-order valence-corrected chi connectivity index (χ2v) is 6.48. The minimum atomic E-state index is 0. The molecule has 4 rings (SSSR count). The first-order valence-corrected chi connectivity index (χ1v) is 8.48. The molecule has 1 heterocycles. The molecular weight excluding hydrogens is 318 g/mol. The number of ketones is 1. The fraction of sp³-hybridized carbons (Fsp3) is 0.286. The highest BCUT2D eigenvalue weighted by Gasteiger charge is 2.15. The number of Topliss-reactive ketones (excluding diaryl/α,β-unsaturated/α-hetero) is 1. The van der Waals surface area contributed by atoms with Crippen LogP contribution < -0.4 is 0 Å². The summed E-state index contributed by atoms with van der Waals surface area (Å²) < 4.78 is 0. The van der Waals surface area contributed by atoms with E-state index >= 15 is 0 Å². The van der Waals surface area contributed by atoms with Crippen LogP contribution in [0.1, 0.15) is 29.6 Å². The molecule has 1 fully saturated rings. The number of benzene rings is 3. The third-order valence-electron chi connectivity index (χ3n) is 4.88. The van der Waals surface area contributed by atoms with Gasteiger partial charge in [0.25, 0.3) is 0 Å². The third kappa shape index (κ3) is 3.31. The first-order valence-electron chi connectivity index (χ1n) is 8.48. The Labute approximate surface area is 148 Å². The predicted octanol–water partition coefficient (Wildman–Crippen LogP) is 5.08. The Morgan fingerprint density at radius 3 is 2.38 bits per heavy atom. The van der Waals surface area contributed by atoms with Crippen molar-refractivity contribution in [1.82, 2.24) is 4.90 Å². The Bertz CT molecular complexity index is 868. The number of likely N-dealkylation sites (tertiary alicyclic amines) is 1. The molecule has 1 saturated heterocycles. The van der Waals surface area contributed by atoms with E-state index < -0.39 is 0 Å². The van der Waals surface area contributed by atoms with Gasteiger partial charge in [-0.25, -0.2) is 0 Å². The predicted molar refractivity (Wildman–Crippen MR) is 103 cm³/mol. The van der Waals surface area contributed by atoms with E-state index in [1.807, 2.05) is 12.1 Å². The van der Waals surface area contributed by atoms with Crippen LogP contribution >= 0.6 is 12.4 Å². The monoisotopic (exact) mass is 339 g/mol. The molecule has 124 valence electrons. The van der Waals surface area contributed by atoms with E-state index in [-0.39, 0.29) is 18.2 Å². The van der Waals surface area contributed by atoms with E-state index in [4.69, 9.17) is 0 Å². The van der Waals surface area contributed by atoms with Crippen molar-refractivity contribution in [2.24, 2.45) is 0 Å². The largest absolute Gasteiger partial charge is 0.296 e. The average molecular weight is 340 g/mol. The molecule has 0 spiro atoms. The van der Waals surface area contributed by atoms with Gasteiger partial charge in [0.2, 0.25) is 0 Å². The highest BCUT2D eigenvalue weighted by atomic mass is 35.5. The maximum absolute atomic E-state index is 12.6. The van der Waals surface area contributed by atoms with Crippen molar-refractivity contribution in [3.05, 3.63) is 60.2 Å². The molecule has 0 N–H and O–H groups in total. The Kier molecular flexibility index (Phi) is 5.17. The summed E-state index contributed by atoms with van der Waals surface area (Å²) >= 11 is 0. The Morgan fingerprint density at radius 2 is 1.54 bits per heavy atom. The zero-order valence-corrected chi connectivity index (χ0v) is 14.5. The van der Waals surface area contributed by atoms with Crippen molar-refractivity contribution < 1.29 is 4.79 Å². The molecule has 1 aliphatic heterocycles. The molecule has 3 heteroatoms. The van der Waals surface area contributed by atoms with Crippen LogP contribution in [0.15, 0.2) is 54.6 Å². The summed E-state index contributed by atoms with van der Waals surface area (Å²) in [5, 5.41) is 4.86. The molecule has 0 radical (unpaired) electrons. The van der Waals surface area contributed by atoms with Gasteiger partial charge in [-0.15, -0.1) is 12.4 Å². The highest BCUT2D eigenvalue weighted by molar-refractivity contribution is 6.10. The summed E-state index contributed by atoms with van der Waals surface area (Å²) in [6.45, 7) is 2.67. The lowest BCUT2D eigenvalue weighted by molar-refractivity contribution is 0.0916. The van der Waals surface area contributed by atoms with Crippen molar-refractivity contribution in [3.8, 4) is 0 Å². The highest BCUT2D eigenvalue weighted by Crippen LogP contribution is 2.26. The quantitative estimate of drug-likeness (QED) is 0.489. The SMILES string of the molecule is Cl.O=C(CN1CCCCC1)c1ccc2c(ccc3ccccc32)c1. The van der Waals surface area contributed by atoms with Crippen molar-refractivity contribution >= 4 is 39.7 Å². The fourth-order valence-corrected chi connectivity index (χ4v) is 3.60. The maximum atomic E-state index is 12.6. The van der Waals surface area contributed by atoms with Crippen molar-refractivity contribution in [2.45, 2.75) is 19.3 Å². The van der Waals surface area contributed by atoms with Crippen LogP contribution in [0.5, 0.6) is 0 Å². The molecule has 0 aromatic heterocycles. The van der Waals surface area contributed by atoms with Crippen molar-refractivity contribution in [3.63, 3.8) is 0 Å². The Hall–Kier alpha value is -1.90. The second kappa shape index (κ2) is 7.33. The molecule has 0 saturated carbocycles. The van der Waals surface area contributed by atoms with E-state index in [0.29, 0.717) is 6.54 Å². The number of hydrogen-bond acceptors (Lipinski definition) is 2. The molecule has 0 aliphatic carbocycles. The first kappa shape index (κ1) is 16.9. The number of nitrogens with zero attached hydrogens (tertiary/aromatic N) is 1. The maximum Gasteiger partial charge on any atom is 0.176 e. The van der Waals surface area contributed by atoms with Crippen LogP contribution in [0.3, 0.4) is 0 Å². The van der Waals surface area contributed by atoms with Crippen LogP contribution in [0.25, 0.3) is 21.5 Å². The number of halogens is 1. The molecule has 3 aromatic rings. The van der Waals surface area contributed by atoms with E-state index in [9.17, 15) is 4.79 Å². The van der Waals surface area contributed by atoms with E-state index in [1.165, 1.54) is 35.4 Å². The molecule has 1 aliphatic rings. The Morgan fingerprint density at radius 1 is 0.833 bits per heavy atom. The number of piperidine rings is 1. The second-order valence-electron chi connectivity index (χ2n) is 6.48. The molecular formula is C21H22ClNO. The lowest BCUT2D eigenvalue weighted by atomic mass is 9.98. The number of rotatable bonds is 3. The summed E-state index contributed by atoms with van der Waals surface area (Å²) in [4.78, 5) is 14.9. The van der Waals surface area contributed by atoms with Gasteiger partial charge in [0.15, 0.2) is 5.78 Å². The first-order chi connectivity index (χ1) is 11.3.